The minimum atomic E-state index is 0.0810. The summed E-state index contributed by atoms with van der Waals surface area (Å²) in [4.78, 5) is 6.00. The van der Waals surface area contributed by atoms with E-state index in [1.807, 2.05) is 13.0 Å². The average molecular weight is 304 g/mol. The van der Waals surface area contributed by atoms with Crippen molar-refractivity contribution in [2.75, 3.05) is 6.61 Å². The van der Waals surface area contributed by atoms with Gasteiger partial charge in [-0.05, 0) is 33.3 Å². The Bertz CT molecular complexity index is 558. The third-order valence-electron chi connectivity index (χ3n) is 2.99. The van der Waals surface area contributed by atoms with Gasteiger partial charge in [0.15, 0.2) is 0 Å². The molecule has 2 aromatic rings. The van der Waals surface area contributed by atoms with E-state index in [2.05, 4.69) is 50.4 Å². The number of thiazole rings is 1. The lowest BCUT2D eigenvalue weighted by Crippen LogP contribution is -2.35. The van der Waals surface area contributed by atoms with Crippen LogP contribution in [0.1, 0.15) is 38.4 Å². The monoisotopic (exact) mass is 304 g/mol. The van der Waals surface area contributed by atoms with Gasteiger partial charge in [0.25, 0.3) is 0 Å². The van der Waals surface area contributed by atoms with E-state index in [0.29, 0.717) is 6.61 Å². The summed E-state index contributed by atoms with van der Waals surface area (Å²) < 4.78 is 5.50. The maximum absolute atomic E-state index is 5.50. The number of ether oxygens (including phenoxy) is 1. The van der Waals surface area contributed by atoms with E-state index in [1.54, 1.807) is 11.3 Å². The first kappa shape index (κ1) is 16.1. The Labute approximate surface area is 131 Å². The maximum Gasteiger partial charge on any atom is 0.119 e. The van der Waals surface area contributed by atoms with Gasteiger partial charge in [-0.25, -0.2) is 4.98 Å². The molecule has 2 rings (SSSR count). The topological polar surface area (TPSA) is 34.1 Å². The third kappa shape index (κ3) is 4.92. The lowest BCUT2D eigenvalue weighted by atomic mass is 10.1. The van der Waals surface area contributed by atoms with Crippen LogP contribution in [0.2, 0.25) is 0 Å². The Kier molecular flexibility index (Phi) is 5.51. The molecular weight excluding hydrogens is 280 g/mol. The van der Waals surface area contributed by atoms with Crippen molar-refractivity contribution in [3.8, 4) is 10.4 Å². The Hall–Kier alpha value is -1.23. The summed E-state index contributed by atoms with van der Waals surface area (Å²) in [5.74, 6) is 0. The quantitative estimate of drug-likeness (QED) is 0.867. The Morgan fingerprint density at radius 1 is 1.19 bits per heavy atom. The molecule has 0 aliphatic rings. The van der Waals surface area contributed by atoms with Crippen molar-refractivity contribution in [2.45, 2.75) is 46.4 Å². The molecule has 0 unspecified atom stereocenters. The fraction of sp³-hybridized carbons (Fsp3) is 0.471. The van der Waals surface area contributed by atoms with Crippen LogP contribution in [0.3, 0.4) is 0 Å². The summed E-state index contributed by atoms with van der Waals surface area (Å²) in [7, 11) is 0. The van der Waals surface area contributed by atoms with Crippen LogP contribution in [0.5, 0.6) is 0 Å². The van der Waals surface area contributed by atoms with Crippen LogP contribution in [0.25, 0.3) is 10.4 Å². The van der Waals surface area contributed by atoms with Crippen LogP contribution in [0, 0.1) is 0 Å². The molecule has 0 spiro atoms. The molecule has 0 fully saturated rings. The molecule has 0 amide bonds. The van der Waals surface area contributed by atoms with E-state index in [0.717, 1.165) is 23.9 Å². The summed E-state index contributed by atoms with van der Waals surface area (Å²) in [5.41, 5.74) is 2.41. The second-order valence-electron chi connectivity index (χ2n) is 5.99. The molecule has 1 aromatic carbocycles. The van der Waals surface area contributed by atoms with Gasteiger partial charge in [-0.1, -0.05) is 30.3 Å². The van der Waals surface area contributed by atoms with Crippen molar-refractivity contribution >= 4 is 11.3 Å². The van der Waals surface area contributed by atoms with Crippen molar-refractivity contribution < 1.29 is 4.74 Å². The molecule has 114 valence electrons. The van der Waals surface area contributed by atoms with Crippen LogP contribution in [-0.4, -0.2) is 17.1 Å². The van der Waals surface area contributed by atoms with Crippen molar-refractivity contribution in [1.29, 1.82) is 0 Å². The molecule has 0 atom stereocenters. The Balaban J connectivity index is 2.25. The van der Waals surface area contributed by atoms with E-state index in [-0.39, 0.29) is 5.54 Å². The van der Waals surface area contributed by atoms with Crippen LogP contribution in [0.4, 0.5) is 0 Å². The predicted octanol–water partition coefficient (Wildman–Crippen LogP) is 4.23. The van der Waals surface area contributed by atoms with Gasteiger partial charge in [-0.3, -0.25) is 0 Å². The highest BCUT2D eigenvalue weighted by Crippen LogP contribution is 2.31. The number of nitrogens with one attached hydrogen (secondary N) is 1. The van der Waals surface area contributed by atoms with Crippen LogP contribution in [0.15, 0.2) is 30.3 Å². The highest BCUT2D eigenvalue weighted by atomic mass is 32.1. The smallest absolute Gasteiger partial charge is 0.119 e. The number of aromatic nitrogens is 1. The molecule has 1 aromatic heterocycles. The molecule has 0 aliphatic carbocycles. The molecule has 0 radical (unpaired) electrons. The molecule has 0 saturated heterocycles. The SMILES string of the molecule is CCOCc1nc(CNC(C)(C)C)c(-c2ccccc2)s1. The van der Waals surface area contributed by atoms with Gasteiger partial charge in [0.2, 0.25) is 0 Å². The van der Waals surface area contributed by atoms with E-state index >= 15 is 0 Å². The van der Waals surface area contributed by atoms with Gasteiger partial charge in [-0.2, -0.15) is 0 Å². The zero-order chi connectivity index (χ0) is 15.3. The summed E-state index contributed by atoms with van der Waals surface area (Å²) in [6.45, 7) is 10.6. The summed E-state index contributed by atoms with van der Waals surface area (Å²) >= 11 is 1.73. The number of hydrogen-bond acceptors (Lipinski definition) is 4. The van der Waals surface area contributed by atoms with E-state index in [1.165, 1.54) is 10.4 Å². The zero-order valence-corrected chi connectivity index (χ0v) is 14.1. The second-order valence-corrected chi connectivity index (χ2v) is 7.07. The van der Waals surface area contributed by atoms with Gasteiger partial charge in [-0.15, -0.1) is 11.3 Å². The van der Waals surface area contributed by atoms with Gasteiger partial charge in [0.1, 0.15) is 5.01 Å². The number of nitrogens with zero attached hydrogens (tertiary/aromatic N) is 1. The summed E-state index contributed by atoms with van der Waals surface area (Å²) in [6.07, 6.45) is 0. The van der Waals surface area contributed by atoms with E-state index in [4.69, 9.17) is 9.72 Å². The minimum Gasteiger partial charge on any atom is -0.375 e. The van der Waals surface area contributed by atoms with Crippen molar-refractivity contribution in [2.24, 2.45) is 0 Å². The van der Waals surface area contributed by atoms with Crippen LogP contribution < -0.4 is 5.32 Å². The number of rotatable bonds is 6. The standard InChI is InChI=1S/C17H24N2OS/c1-5-20-12-15-19-14(11-18-17(2,3)4)16(21-15)13-9-7-6-8-10-13/h6-10,18H,5,11-12H2,1-4H3. The predicted molar refractivity (Wildman–Crippen MR) is 89.5 cm³/mol. The minimum absolute atomic E-state index is 0.0810. The van der Waals surface area contributed by atoms with Crippen molar-refractivity contribution in [3.05, 3.63) is 41.0 Å². The fourth-order valence-corrected chi connectivity index (χ4v) is 2.96. The highest BCUT2D eigenvalue weighted by Gasteiger charge is 2.16. The van der Waals surface area contributed by atoms with E-state index in [9.17, 15) is 0 Å². The van der Waals surface area contributed by atoms with Crippen LogP contribution >= 0.6 is 11.3 Å². The molecule has 21 heavy (non-hydrogen) atoms. The molecule has 4 heteroatoms. The first-order valence-electron chi connectivity index (χ1n) is 7.36. The summed E-state index contributed by atoms with van der Waals surface area (Å²) in [6, 6.07) is 10.5. The molecule has 1 heterocycles. The van der Waals surface area contributed by atoms with Gasteiger partial charge in [0, 0.05) is 18.7 Å². The lowest BCUT2D eigenvalue weighted by Gasteiger charge is -2.20. The largest absolute Gasteiger partial charge is 0.375 e. The second kappa shape index (κ2) is 7.16. The maximum atomic E-state index is 5.50. The van der Waals surface area contributed by atoms with Crippen LogP contribution in [-0.2, 0) is 17.9 Å². The fourth-order valence-electron chi connectivity index (χ4n) is 1.94. The number of hydrogen-bond donors (Lipinski definition) is 1. The van der Waals surface area contributed by atoms with Crippen molar-refractivity contribution in [3.63, 3.8) is 0 Å². The zero-order valence-electron chi connectivity index (χ0n) is 13.3. The van der Waals surface area contributed by atoms with Gasteiger partial charge < -0.3 is 10.1 Å². The van der Waals surface area contributed by atoms with Crippen molar-refractivity contribution in [1.82, 2.24) is 10.3 Å². The normalized spacial score (nSPS) is 11.8. The lowest BCUT2D eigenvalue weighted by molar-refractivity contribution is 0.133. The highest BCUT2D eigenvalue weighted by molar-refractivity contribution is 7.15. The summed E-state index contributed by atoms with van der Waals surface area (Å²) in [5, 5.41) is 4.56. The van der Waals surface area contributed by atoms with Gasteiger partial charge >= 0.3 is 0 Å². The average Bonchev–Trinajstić information content (AvgIpc) is 2.86. The molecule has 1 N–H and O–H groups in total. The first-order chi connectivity index (χ1) is 9.99. The Morgan fingerprint density at radius 2 is 1.90 bits per heavy atom. The molecule has 0 aliphatic heterocycles. The van der Waals surface area contributed by atoms with Gasteiger partial charge in [0.05, 0.1) is 17.2 Å². The van der Waals surface area contributed by atoms with E-state index < -0.39 is 0 Å². The number of benzene rings is 1. The Morgan fingerprint density at radius 3 is 2.52 bits per heavy atom. The molecule has 3 nitrogen and oxygen atoms in total. The molecular formula is C17H24N2OS. The molecule has 0 saturated carbocycles. The first-order valence-corrected chi connectivity index (χ1v) is 8.18. The molecule has 0 bridgehead atoms. The third-order valence-corrected chi connectivity index (χ3v) is 4.11.